The molecule has 0 aliphatic heterocycles. The van der Waals surface area contributed by atoms with E-state index in [1.165, 1.54) is 0 Å². The van der Waals surface area contributed by atoms with Crippen molar-refractivity contribution in [1.82, 2.24) is 4.98 Å². The predicted molar refractivity (Wildman–Crippen MR) is 94.4 cm³/mol. The van der Waals surface area contributed by atoms with Gasteiger partial charge in [-0.05, 0) is 23.8 Å². The fourth-order valence-corrected chi connectivity index (χ4v) is 2.86. The van der Waals surface area contributed by atoms with Gasteiger partial charge in [0.05, 0.1) is 18.1 Å². The van der Waals surface area contributed by atoms with Crippen LogP contribution in [-0.2, 0) is 6.42 Å². The first-order chi connectivity index (χ1) is 11.1. The van der Waals surface area contributed by atoms with Crippen LogP contribution in [0.3, 0.4) is 0 Å². The van der Waals surface area contributed by atoms with Gasteiger partial charge in [0.25, 0.3) is 0 Å². The van der Waals surface area contributed by atoms with Gasteiger partial charge in [-0.25, -0.2) is 4.98 Å². The number of pyridine rings is 1. The average molecular weight is 325 g/mol. The van der Waals surface area contributed by atoms with Crippen molar-refractivity contribution >= 4 is 25.2 Å². The Bertz CT molecular complexity index is 893. The quantitative estimate of drug-likeness (QED) is 0.716. The molecular formula is C18H16NO3P. The molecule has 0 saturated heterocycles. The van der Waals surface area contributed by atoms with Gasteiger partial charge >= 0.3 is 0 Å². The van der Waals surface area contributed by atoms with E-state index in [1.807, 2.05) is 48.5 Å². The highest BCUT2D eigenvalue weighted by atomic mass is 31.0. The van der Waals surface area contributed by atoms with Gasteiger partial charge in [-0.3, -0.25) is 0 Å². The molecule has 0 radical (unpaired) electrons. The lowest BCUT2D eigenvalue weighted by atomic mass is 9.94. The Morgan fingerprint density at radius 2 is 1.96 bits per heavy atom. The number of hydrogen-bond acceptors (Lipinski definition) is 3. The molecule has 2 aromatic carbocycles. The Morgan fingerprint density at radius 3 is 2.70 bits per heavy atom. The van der Waals surface area contributed by atoms with Crippen LogP contribution in [0.15, 0.2) is 48.5 Å². The van der Waals surface area contributed by atoms with Crippen LogP contribution in [0.4, 0.5) is 0 Å². The Labute approximate surface area is 136 Å². The van der Waals surface area contributed by atoms with Crippen molar-refractivity contribution in [1.29, 1.82) is 0 Å². The van der Waals surface area contributed by atoms with Crippen LogP contribution in [0.1, 0.15) is 5.56 Å². The second kappa shape index (κ2) is 6.37. The predicted octanol–water partition coefficient (Wildman–Crippen LogP) is 3.80. The molecule has 0 aliphatic rings. The van der Waals surface area contributed by atoms with Crippen molar-refractivity contribution < 1.29 is 14.9 Å². The summed E-state index contributed by atoms with van der Waals surface area (Å²) in [5.74, 6) is 0.631. The van der Waals surface area contributed by atoms with E-state index in [1.54, 1.807) is 7.11 Å². The van der Waals surface area contributed by atoms with Gasteiger partial charge in [0.1, 0.15) is 5.75 Å². The molecule has 5 heteroatoms. The third-order valence-corrected chi connectivity index (χ3v) is 3.85. The standard InChI is InChI=1S/C18H16NO3P/c1-22-12-6-4-5-11(9-12)17-13-7-2-3-8-15(13)19-18(21)14(17)10-16(20)23/h2-9,20,23H,10H2,1H3,(H,19,21). The normalized spacial score (nSPS) is 10.7. The van der Waals surface area contributed by atoms with Gasteiger partial charge < -0.3 is 14.9 Å². The molecular weight excluding hydrogens is 309 g/mol. The van der Waals surface area contributed by atoms with Gasteiger partial charge in [-0.1, -0.05) is 39.2 Å². The van der Waals surface area contributed by atoms with Crippen LogP contribution in [0, 0.1) is 0 Å². The third-order valence-electron chi connectivity index (χ3n) is 3.67. The highest BCUT2D eigenvalue weighted by molar-refractivity contribution is 7.20. The molecule has 3 aromatic rings. The number of ether oxygens (including phenoxy) is 1. The molecule has 0 fully saturated rings. The number of hydrogen-bond donors (Lipinski definition) is 2. The third kappa shape index (κ3) is 3.04. The molecule has 23 heavy (non-hydrogen) atoms. The maximum absolute atomic E-state index is 10.3. The summed E-state index contributed by atoms with van der Waals surface area (Å²) < 4.78 is 5.30. The lowest BCUT2D eigenvalue weighted by molar-refractivity contribution is 0.415. The number of rotatable bonds is 4. The number of aliphatic hydroxyl groups is 1. The van der Waals surface area contributed by atoms with Gasteiger partial charge in [-0.2, -0.15) is 0 Å². The SMILES string of the molecule is COc1cccc(-c2c(CC(O)=P)c(O)nc3ccccc23)c1. The van der Waals surface area contributed by atoms with Crippen LogP contribution >= 0.6 is 8.86 Å². The van der Waals surface area contributed by atoms with E-state index in [4.69, 9.17) is 4.74 Å². The van der Waals surface area contributed by atoms with E-state index in [9.17, 15) is 10.2 Å². The fraction of sp³-hybridized carbons (Fsp3) is 0.111. The Morgan fingerprint density at radius 1 is 1.17 bits per heavy atom. The lowest BCUT2D eigenvalue weighted by Crippen LogP contribution is -2.02. The Hall–Kier alpha value is -2.42. The Balaban J connectivity index is 2.36. The van der Waals surface area contributed by atoms with E-state index in [0.717, 1.165) is 22.3 Å². The monoisotopic (exact) mass is 325 g/mol. The lowest BCUT2D eigenvalue weighted by Gasteiger charge is -2.15. The summed E-state index contributed by atoms with van der Waals surface area (Å²) >= 11 is 0. The number of aromatic hydroxyl groups is 1. The zero-order valence-electron chi connectivity index (χ0n) is 12.6. The van der Waals surface area contributed by atoms with Gasteiger partial charge in [0, 0.05) is 22.9 Å². The number of aliphatic hydroxyl groups excluding tert-OH is 1. The zero-order valence-corrected chi connectivity index (χ0v) is 13.6. The number of fused-ring (bicyclic) bond motifs is 1. The summed E-state index contributed by atoms with van der Waals surface area (Å²) in [5.41, 5.74) is 3.00. The van der Waals surface area contributed by atoms with Crippen molar-refractivity contribution in [3.63, 3.8) is 0 Å². The number of aromatic nitrogens is 1. The van der Waals surface area contributed by atoms with Crippen molar-refractivity contribution in [3.05, 3.63) is 54.1 Å². The minimum absolute atomic E-state index is 0.0292. The smallest absolute Gasteiger partial charge is 0.215 e. The maximum Gasteiger partial charge on any atom is 0.215 e. The molecule has 1 heterocycles. The highest BCUT2D eigenvalue weighted by Crippen LogP contribution is 2.37. The first-order valence-electron chi connectivity index (χ1n) is 7.11. The molecule has 4 nitrogen and oxygen atoms in total. The molecule has 3 rings (SSSR count). The van der Waals surface area contributed by atoms with Crippen LogP contribution in [0.2, 0.25) is 0 Å². The van der Waals surface area contributed by atoms with Crippen LogP contribution in [-0.4, -0.2) is 27.8 Å². The molecule has 0 atom stereocenters. The molecule has 2 N–H and O–H groups in total. The summed E-state index contributed by atoms with van der Waals surface area (Å²) in [7, 11) is 4.72. The molecule has 0 saturated carbocycles. The number of benzene rings is 2. The summed E-state index contributed by atoms with van der Waals surface area (Å²) in [6.45, 7) is 0. The van der Waals surface area contributed by atoms with E-state index < -0.39 is 0 Å². The highest BCUT2D eigenvalue weighted by Gasteiger charge is 2.17. The van der Waals surface area contributed by atoms with Crippen molar-refractivity contribution in [2.45, 2.75) is 6.42 Å². The van der Waals surface area contributed by atoms with Crippen molar-refractivity contribution in [2.24, 2.45) is 0 Å². The largest absolute Gasteiger partial charge is 0.497 e. The van der Waals surface area contributed by atoms with E-state index in [-0.39, 0.29) is 17.8 Å². The van der Waals surface area contributed by atoms with Crippen molar-refractivity contribution in [2.75, 3.05) is 7.11 Å². The second-order valence-electron chi connectivity index (χ2n) is 5.16. The zero-order chi connectivity index (χ0) is 16.4. The van der Waals surface area contributed by atoms with Crippen LogP contribution in [0.25, 0.3) is 22.0 Å². The number of nitrogens with zero attached hydrogens (tertiary/aromatic N) is 1. The molecule has 1 aromatic heterocycles. The Kier molecular flexibility index (Phi) is 4.28. The first kappa shape index (κ1) is 15.5. The van der Waals surface area contributed by atoms with Gasteiger partial charge in [0.2, 0.25) is 5.88 Å². The first-order valence-corrected chi connectivity index (χ1v) is 7.61. The maximum atomic E-state index is 10.3. The summed E-state index contributed by atoms with van der Waals surface area (Å²) in [5, 5.41) is 20.9. The molecule has 116 valence electrons. The van der Waals surface area contributed by atoms with Crippen molar-refractivity contribution in [3.8, 4) is 22.8 Å². The number of para-hydroxylation sites is 1. The summed E-state index contributed by atoms with van der Waals surface area (Å²) in [4.78, 5) is 4.24. The minimum Gasteiger partial charge on any atom is -0.497 e. The summed E-state index contributed by atoms with van der Waals surface area (Å²) in [6.07, 6.45) is 0.160. The number of methoxy groups -OCH3 is 1. The molecule has 0 spiro atoms. The molecule has 0 aliphatic carbocycles. The van der Waals surface area contributed by atoms with E-state index >= 15 is 0 Å². The summed E-state index contributed by atoms with van der Waals surface area (Å²) in [6, 6.07) is 15.2. The molecule has 0 amide bonds. The minimum atomic E-state index is -0.0914. The van der Waals surface area contributed by atoms with Gasteiger partial charge in [0.15, 0.2) is 0 Å². The van der Waals surface area contributed by atoms with E-state index in [0.29, 0.717) is 11.1 Å². The topological polar surface area (TPSA) is 62.6 Å². The van der Waals surface area contributed by atoms with Crippen LogP contribution < -0.4 is 4.74 Å². The van der Waals surface area contributed by atoms with Gasteiger partial charge in [-0.15, -0.1) is 0 Å². The average Bonchev–Trinajstić information content (AvgIpc) is 2.55. The molecule has 0 bridgehead atoms. The fourth-order valence-electron chi connectivity index (χ4n) is 2.68. The molecule has 0 unspecified atom stereocenters. The second-order valence-corrected chi connectivity index (χ2v) is 5.74. The van der Waals surface area contributed by atoms with E-state index in [2.05, 4.69) is 13.8 Å². The van der Waals surface area contributed by atoms with Crippen LogP contribution in [0.5, 0.6) is 11.6 Å².